The summed E-state index contributed by atoms with van der Waals surface area (Å²) in [6, 6.07) is 1.56. The van der Waals surface area contributed by atoms with Gasteiger partial charge in [0.2, 0.25) is 0 Å². The maximum absolute atomic E-state index is 13.4. The Labute approximate surface area is 98.0 Å². The van der Waals surface area contributed by atoms with E-state index in [4.69, 9.17) is 5.73 Å². The Morgan fingerprint density at radius 2 is 1.94 bits per heavy atom. The maximum Gasteiger partial charge on any atom is 0.182 e. The Balaban J connectivity index is 2.12. The van der Waals surface area contributed by atoms with Crippen molar-refractivity contribution in [3.8, 4) is 0 Å². The minimum Gasteiger partial charge on any atom is -0.380 e. The lowest BCUT2D eigenvalue weighted by Crippen LogP contribution is -2.35. The number of anilines is 1. The molecule has 94 valence electrons. The van der Waals surface area contributed by atoms with Crippen LogP contribution in [0.15, 0.2) is 12.1 Å². The number of halogens is 3. The van der Waals surface area contributed by atoms with Gasteiger partial charge in [0, 0.05) is 24.2 Å². The second-order valence-electron chi connectivity index (χ2n) is 4.52. The van der Waals surface area contributed by atoms with Gasteiger partial charge in [0.1, 0.15) is 5.82 Å². The quantitative estimate of drug-likeness (QED) is 0.785. The van der Waals surface area contributed by atoms with Crippen molar-refractivity contribution in [1.82, 2.24) is 0 Å². The minimum absolute atomic E-state index is 0.0190. The highest BCUT2D eigenvalue weighted by Crippen LogP contribution is 2.24. The number of rotatable bonds is 2. The molecule has 0 bridgehead atoms. The summed E-state index contributed by atoms with van der Waals surface area (Å²) in [5.41, 5.74) is 5.67. The standard InChI is InChI=1S/C12H15F3N2/c13-7-4-10(14)12(15)11(5-7)17-9-3-1-2-8(16)6-9/h4-5,8-9,17H,1-3,6,16H2. The van der Waals surface area contributed by atoms with E-state index in [9.17, 15) is 13.2 Å². The van der Waals surface area contributed by atoms with Crippen molar-refractivity contribution in [2.75, 3.05) is 5.32 Å². The van der Waals surface area contributed by atoms with Gasteiger partial charge in [-0.2, -0.15) is 0 Å². The zero-order chi connectivity index (χ0) is 12.4. The molecule has 1 aromatic rings. The van der Waals surface area contributed by atoms with Crippen LogP contribution in [0.1, 0.15) is 25.7 Å². The van der Waals surface area contributed by atoms with Crippen LogP contribution in [0.25, 0.3) is 0 Å². The van der Waals surface area contributed by atoms with Gasteiger partial charge in [0.25, 0.3) is 0 Å². The average Bonchev–Trinajstić information content (AvgIpc) is 2.25. The van der Waals surface area contributed by atoms with Gasteiger partial charge in [-0.3, -0.25) is 0 Å². The fraction of sp³-hybridized carbons (Fsp3) is 0.500. The van der Waals surface area contributed by atoms with Gasteiger partial charge in [0.15, 0.2) is 11.6 Å². The van der Waals surface area contributed by atoms with Crippen LogP contribution in [0.2, 0.25) is 0 Å². The highest BCUT2D eigenvalue weighted by molar-refractivity contribution is 5.46. The van der Waals surface area contributed by atoms with E-state index in [1.165, 1.54) is 0 Å². The number of nitrogens with two attached hydrogens (primary N) is 1. The average molecular weight is 244 g/mol. The number of nitrogens with one attached hydrogen (secondary N) is 1. The van der Waals surface area contributed by atoms with E-state index in [-0.39, 0.29) is 17.8 Å². The van der Waals surface area contributed by atoms with Crippen LogP contribution in [0.4, 0.5) is 18.9 Å². The van der Waals surface area contributed by atoms with Crippen LogP contribution in [0.5, 0.6) is 0 Å². The van der Waals surface area contributed by atoms with E-state index in [1.54, 1.807) is 0 Å². The molecule has 0 saturated heterocycles. The molecular formula is C12H15F3N2. The summed E-state index contributed by atoms with van der Waals surface area (Å²) in [6.07, 6.45) is 3.42. The van der Waals surface area contributed by atoms with Crippen molar-refractivity contribution in [2.24, 2.45) is 5.73 Å². The van der Waals surface area contributed by atoms with Crippen molar-refractivity contribution in [2.45, 2.75) is 37.8 Å². The zero-order valence-corrected chi connectivity index (χ0v) is 9.35. The van der Waals surface area contributed by atoms with Gasteiger partial charge in [-0.1, -0.05) is 0 Å². The van der Waals surface area contributed by atoms with E-state index >= 15 is 0 Å². The van der Waals surface area contributed by atoms with Gasteiger partial charge < -0.3 is 11.1 Å². The molecule has 2 unspecified atom stereocenters. The minimum atomic E-state index is -1.17. The second-order valence-corrected chi connectivity index (χ2v) is 4.52. The lowest BCUT2D eigenvalue weighted by molar-refractivity contribution is 0.407. The molecule has 0 aromatic heterocycles. The first-order valence-electron chi connectivity index (χ1n) is 5.73. The Hall–Kier alpha value is -1.23. The maximum atomic E-state index is 13.4. The van der Waals surface area contributed by atoms with Gasteiger partial charge in [0.05, 0.1) is 5.69 Å². The van der Waals surface area contributed by atoms with E-state index in [2.05, 4.69) is 5.32 Å². The summed E-state index contributed by atoms with van der Waals surface area (Å²) in [4.78, 5) is 0. The van der Waals surface area contributed by atoms with Crippen LogP contribution >= 0.6 is 0 Å². The zero-order valence-electron chi connectivity index (χ0n) is 9.35. The van der Waals surface area contributed by atoms with Crippen LogP contribution < -0.4 is 11.1 Å². The smallest absolute Gasteiger partial charge is 0.182 e. The van der Waals surface area contributed by atoms with Crippen molar-refractivity contribution in [3.05, 3.63) is 29.6 Å². The lowest BCUT2D eigenvalue weighted by Gasteiger charge is -2.28. The van der Waals surface area contributed by atoms with Crippen molar-refractivity contribution in [3.63, 3.8) is 0 Å². The molecule has 1 aliphatic rings. The van der Waals surface area contributed by atoms with E-state index in [0.29, 0.717) is 12.5 Å². The van der Waals surface area contributed by atoms with Crippen molar-refractivity contribution in [1.29, 1.82) is 0 Å². The summed E-state index contributed by atoms with van der Waals surface area (Å²) in [5, 5.41) is 2.83. The number of hydrogen-bond acceptors (Lipinski definition) is 2. The number of hydrogen-bond donors (Lipinski definition) is 2. The van der Waals surface area contributed by atoms with Gasteiger partial charge >= 0.3 is 0 Å². The monoisotopic (exact) mass is 244 g/mol. The lowest BCUT2D eigenvalue weighted by atomic mass is 9.91. The SMILES string of the molecule is NC1CCCC(Nc2cc(F)cc(F)c2F)C1. The molecule has 1 aliphatic carbocycles. The summed E-state index contributed by atoms with van der Waals surface area (Å²) in [7, 11) is 0. The molecule has 0 radical (unpaired) electrons. The molecule has 0 amide bonds. The molecular weight excluding hydrogens is 229 g/mol. The first-order valence-corrected chi connectivity index (χ1v) is 5.73. The highest BCUT2D eigenvalue weighted by atomic mass is 19.2. The molecule has 5 heteroatoms. The molecule has 0 heterocycles. The molecule has 0 aliphatic heterocycles. The predicted molar refractivity (Wildman–Crippen MR) is 60.2 cm³/mol. The molecule has 3 N–H and O–H groups in total. The van der Waals surface area contributed by atoms with Crippen LogP contribution in [-0.4, -0.2) is 12.1 Å². The largest absolute Gasteiger partial charge is 0.380 e. The Bertz CT molecular complexity index is 409. The summed E-state index contributed by atoms with van der Waals surface area (Å²) < 4.78 is 39.4. The Kier molecular flexibility index (Phi) is 3.57. The first-order chi connectivity index (χ1) is 8.06. The first kappa shape index (κ1) is 12.2. The highest BCUT2D eigenvalue weighted by Gasteiger charge is 2.21. The molecule has 1 aromatic carbocycles. The number of benzene rings is 1. The molecule has 1 fully saturated rings. The van der Waals surface area contributed by atoms with Gasteiger partial charge in [-0.15, -0.1) is 0 Å². The van der Waals surface area contributed by atoms with E-state index < -0.39 is 17.5 Å². The van der Waals surface area contributed by atoms with Crippen molar-refractivity contribution >= 4 is 5.69 Å². The van der Waals surface area contributed by atoms with Crippen molar-refractivity contribution < 1.29 is 13.2 Å². The van der Waals surface area contributed by atoms with E-state index in [0.717, 1.165) is 25.3 Å². The topological polar surface area (TPSA) is 38.0 Å². The predicted octanol–water partition coefficient (Wildman–Crippen LogP) is 2.79. The molecule has 2 atom stereocenters. The summed E-state index contributed by atoms with van der Waals surface area (Å²) >= 11 is 0. The molecule has 0 spiro atoms. The summed E-state index contributed by atoms with van der Waals surface area (Å²) in [6.45, 7) is 0. The molecule has 2 nitrogen and oxygen atoms in total. The fourth-order valence-electron chi connectivity index (χ4n) is 2.24. The Morgan fingerprint density at radius 1 is 1.18 bits per heavy atom. The normalized spacial score (nSPS) is 24.7. The Morgan fingerprint density at radius 3 is 2.65 bits per heavy atom. The second kappa shape index (κ2) is 4.96. The molecule has 1 saturated carbocycles. The molecule has 2 rings (SSSR count). The third kappa shape index (κ3) is 2.91. The fourth-order valence-corrected chi connectivity index (χ4v) is 2.24. The summed E-state index contributed by atoms with van der Waals surface area (Å²) in [5.74, 6) is -3.00. The molecule has 17 heavy (non-hydrogen) atoms. The third-order valence-corrected chi connectivity index (χ3v) is 3.07. The van der Waals surface area contributed by atoms with Gasteiger partial charge in [-0.05, 0) is 25.7 Å². The van der Waals surface area contributed by atoms with Gasteiger partial charge in [-0.25, -0.2) is 13.2 Å². The van der Waals surface area contributed by atoms with Crippen LogP contribution in [0, 0.1) is 17.5 Å². The van der Waals surface area contributed by atoms with Crippen LogP contribution in [0.3, 0.4) is 0 Å². The van der Waals surface area contributed by atoms with Crippen LogP contribution in [-0.2, 0) is 0 Å². The van der Waals surface area contributed by atoms with E-state index in [1.807, 2.05) is 0 Å². The third-order valence-electron chi connectivity index (χ3n) is 3.07.